The van der Waals surface area contributed by atoms with Crippen LogP contribution >= 0.6 is 0 Å². The lowest BCUT2D eigenvalue weighted by Gasteiger charge is -1.69. The summed E-state index contributed by atoms with van der Waals surface area (Å²) >= 11 is -2.61. The molecule has 0 aliphatic carbocycles. The van der Waals surface area contributed by atoms with E-state index < -0.39 is 11.4 Å². The normalized spacial score (nSPS) is 8.30. The molecular weight excluding hydrogens is 152 g/mol. The van der Waals surface area contributed by atoms with Gasteiger partial charge < -0.3 is 0 Å². The molecule has 56 valence electrons. The molecule has 0 aliphatic rings. The third-order valence-electron chi connectivity index (χ3n) is 0.667. The third kappa shape index (κ3) is 10.3. The Labute approximate surface area is 61.8 Å². The molecule has 0 spiro atoms. The topological polar surface area (TPSA) is 57.5 Å². The Hall–Kier alpha value is -0.710. The number of benzene rings is 1. The minimum atomic E-state index is -2.61. The van der Waals surface area contributed by atoms with Gasteiger partial charge in [-0.15, -0.1) is 0 Å². The molecule has 0 radical (unpaired) electrons. The lowest BCUT2D eigenvalue weighted by Crippen LogP contribution is -1.74. The quantitative estimate of drug-likeness (QED) is 0.563. The highest BCUT2D eigenvalue weighted by atomic mass is 32.2. The summed E-state index contributed by atoms with van der Waals surface area (Å²) in [4.78, 5) is 0. The average molecular weight is 160 g/mol. The van der Waals surface area contributed by atoms with Crippen LogP contribution in [0.5, 0.6) is 0 Å². The van der Waals surface area contributed by atoms with Crippen molar-refractivity contribution in [2.24, 2.45) is 0 Å². The molecule has 0 aliphatic heterocycles. The first-order valence-electron chi connectivity index (χ1n) is 2.53. The molecule has 1 rings (SSSR count). The van der Waals surface area contributed by atoms with Gasteiger partial charge >= 0.3 is 0 Å². The third-order valence-corrected chi connectivity index (χ3v) is 0.667. The fourth-order valence-corrected chi connectivity index (χ4v) is 0.385. The molecule has 10 heavy (non-hydrogen) atoms. The Morgan fingerprint density at radius 1 is 0.800 bits per heavy atom. The van der Waals surface area contributed by atoms with Gasteiger partial charge in [0.2, 0.25) is 0 Å². The van der Waals surface area contributed by atoms with Crippen molar-refractivity contribution >= 4 is 11.4 Å². The van der Waals surface area contributed by atoms with Crippen molar-refractivity contribution in [3.63, 3.8) is 0 Å². The van der Waals surface area contributed by atoms with E-state index in [1.54, 1.807) is 0 Å². The van der Waals surface area contributed by atoms with Crippen molar-refractivity contribution in [2.75, 3.05) is 0 Å². The van der Waals surface area contributed by atoms with Crippen LogP contribution in [0.1, 0.15) is 0 Å². The van der Waals surface area contributed by atoms with Crippen molar-refractivity contribution in [2.45, 2.75) is 0 Å². The van der Waals surface area contributed by atoms with Gasteiger partial charge in [-0.1, -0.05) is 36.4 Å². The maximum absolute atomic E-state index is 8.67. The van der Waals surface area contributed by atoms with Crippen molar-refractivity contribution in [1.82, 2.24) is 0 Å². The van der Waals surface area contributed by atoms with Crippen molar-refractivity contribution in [1.29, 1.82) is 0 Å². The second-order valence-corrected chi connectivity index (χ2v) is 1.85. The number of hydrogen-bond acceptors (Lipinski definition) is 1. The van der Waals surface area contributed by atoms with Gasteiger partial charge in [-0.25, -0.2) is 0 Å². The molecule has 0 saturated heterocycles. The molecule has 2 N–H and O–H groups in total. The predicted octanol–water partition coefficient (Wildman–Crippen LogP) is 1.37. The SMILES string of the molecule is O=S(O)O.c1ccccc1. The van der Waals surface area contributed by atoms with Crippen LogP contribution < -0.4 is 0 Å². The van der Waals surface area contributed by atoms with E-state index in [4.69, 9.17) is 13.3 Å². The van der Waals surface area contributed by atoms with Gasteiger partial charge in [-0.2, -0.15) is 4.21 Å². The Balaban J connectivity index is 0.000000180. The van der Waals surface area contributed by atoms with Gasteiger partial charge in [-0.3, -0.25) is 9.11 Å². The second-order valence-electron chi connectivity index (χ2n) is 1.39. The highest BCUT2D eigenvalue weighted by Gasteiger charge is 1.62. The number of hydrogen-bond donors (Lipinski definition) is 2. The van der Waals surface area contributed by atoms with Gasteiger partial charge in [-0.05, 0) is 0 Å². The zero-order chi connectivity index (χ0) is 7.82. The van der Waals surface area contributed by atoms with E-state index in [1.165, 1.54) is 0 Å². The van der Waals surface area contributed by atoms with Gasteiger partial charge in [0.25, 0.3) is 11.4 Å². The summed E-state index contributed by atoms with van der Waals surface area (Å²) in [6.07, 6.45) is 0. The molecule has 0 unspecified atom stereocenters. The van der Waals surface area contributed by atoms with Crippen LogP contribution in [0.3, 0.4) is 0 Å². The molecule has 0 amide bonds. The van der Waals surface area contributed by atoms with Crippen LogP contribution in [0.25, 0.3) is 0 Å². The lowest BCUT2D eigenvalue weighted by molar-refractivity contribution is 0.454. The van der Waals surface area contributed by atoms with Gasteiger partial charge in [0.15, 0.2) is 0 Å². The van der Waals surface area contributed by atoms with E-state index in [2.05, 4.69) is 0 Å². The maximum Gasteiger partial charge on any atom is 0.299 e. The molecule has 0 aromatic heterocycles. The standard InChI is InChI=1S/C6H6.H2O3S/c1-2-4-6-5-3-1;1-4(2)3/h1-6H;(H2,1,2,3). The summed E-state index contributed by atoms with van der Waals surface area (Å²) in [6, 6.07) is 12.0. The van der Waals surface area contributed by atoms with E-state index in [1.807, 2.05) is 36.4 Å². The molecule has 1 aromatic rings. The van der Waals surface area contributed by atoms with E-state index >= 15 is 0 Å². The Bertz CT molecular complexity index is 145. The Kier molecular flexibility index (Phi) is 5.96. The zero-order valence-corrected chi connectivity index (χ0v) is 5.99. The first-order chi connectivity index (χ1) is 4.73. The van der Waals surface area contributed by atoms with Gasteiger partial charge in [0.05, 0.1) is 0 Å². The highest BCUT2D eigenvalue weighted by Crippen LogP contribution is 1.79. The van der Waals surface area contributed by atoms with Gasteiger partial charge in [0.1, 0.15) is 0 Å². The van der Waals surface area contributed by atoms with E-state index in [-0.39, 0.29) is 0 Å². The van der Waals surface area contributed by atoms with Crippen LogP contribution in [-0.2, 0) is 11.4 Å². The van der Waals surface area contributed by atoms with Crippen LogP contribution in [0.4, 0.5) is 0 Å². The summed E-state index contributed by atoms with van der Waals surface area (Å²) < 4.78 is 22.8. The summed E-state index contributed by atoms with van der Waals surface area (Å²) in [5.41, 5.74) is 0. The minimum Gasteiger partial charge on any atom is -0.284 e. The first-order valence-corrected chi connectivity index (χ1v) is 3.60. The highest BCUT2D eigenvalue weighted by molar-refractivity contribution is 7.73. The monoisotopic (exact) mass is 160 g/mol. The molecule has 1 aromatic carbocycles. The van der Waals surface area contributed by atoms with Crippen LogP contribution in [0.15, 0.2) is 36.4 Å². The summed E-state index contributed by atoms with van der Waals surface area (Å²) in [6.45, 7) is 0. The average Bonchev–Trinajstić information content (AvgIpc) is 1.90. The maximum atomic E-state index is 8.67. The molecule has 0 heterocycles. The largest absolute Gasteiger partial charge is 0.299 e. The van der Waals surface area contributed by atoms with Crippen molar-refractivity contribution < 1.29 is 13.3 Å². The van der Waals surface area contributed by atoms with Crippen molar-refractivity contribution in [3.8, 4) is 0 Å². The second kappa shape index (κ2) is 6.41. The molecule has 4 heteroatoms. The van der Waals surface area contributed by atoms with E-state index in [0.29, 0.717) is 0 Å². The summed E-state index contributed by atoms with van der Waals surface area (Å²) in [5, 5.41) is 0. The first kappa shape index (κ1) is 9.29. The van der Waals surface area contributed by atoms with E-state index in [0.717, 1.165) is 0 Å². The fraction of sp³-hybridized carbons (Fsp3) is 0. The Morgan fingerprint density at radius 2 is 0.900 bits per heavy atom. The number of rotatable bonds is 0. The van der Waals surface area contributed by atoms with Crippen LogP contribution in [-0.4, -0.2) is 13.3 Å². The summed E-state index contributed by atoms with van der Waals surface area (Å²) in [5.74, 6) is 0. The van der Waals surface area contributed by atoms with Gasteiger partial charge in [0, 0.05) is 0 Å². The molecule has 0 bridgehead atoms. The Morgan fingerprint density at radius 3 is 1.00 bits per heavy atom. The van der Waals surface area contributed by atoms with Crippen LogP contribution in [0.2, 0.25) is 0 Å². The minimum absolute atomic E-state index is 2.00. The molecule has 0 atom stereocenters. The zero-order valence-electron chi connectivity index (χ0n) is 5.18. The van der Waals surface area contributed by atoms with E-state index in [9.17, 15) is 0 Å². The molecular formula is C6H8O3S. The molecule has 3 nitrogen and oxygen atoms in total. The molecule has 0 fully saturated rings. The van der Waals surface area contributed by atoms with Crippen LogP contribution in [0, 0.1) is 0 Å². The smallest absolute Gasteiger partial charge is 0.284 e. The predicted molar refractivity (Wildman–Crippen MR) is 39.8 cm³/mol. The fourth-order valence-electron chi connectivity index (χ4n) is 0.385. The molecule has 0 saturated carbocycles. The lowest BCUT2D eigenvalue weighted by atomic mass is 10.4. The summed E-state index contributed by atoms with van der Waals surface area (Å²) in [7, 11) is 0. The van der Waals surface area contributed by atoms with Crippen molar-refractivity contribution in [3.05, 3.63) is 36.4 Å².